The Morgan fingerprint density at radius 2 is 1.91 bits per heavy atom. The van der Waals surface area contributed by atoms with Gasteiger partial charge in [-0.15, -0.1) is 0 Å². The average Bonchev–Trinajstić information content (AvgIpc) is 3.07. The molecule has 23 heavy (non-hydrogen) atoms. The molecule has 0 aliphatic rings. The number of benzene rings is 2. The van der Waals surface area contributed by atoms with Crippen molar-refractivity contribution >= 4 is 16.9 Å². The monoisotopic (exact) mass is 307 g/mol. The van der Waals surface area contributed by atoms with Gasteiger partial charge in [-0.25, -0.2) is 0 Å². The number of carbonyl (C=O) groups is 1. The highest BCUT2D eigenvalue weighted by molar-refractivity contribution is 6.05. The van der Waals surface area contributed by atoms with E-state index in [9.17, 15) is 4.79 Å². The lowest BCUT2D eigenvalue weighted by molar-refractivity contribution is 0.0949. The van der Waals surface area contributed by atoms with Gasteiger partial charge in [0.1, 0.15) is 5.58 Å². The number of amides is 1. The van der Waals surface area contributed by atoms with Crippen molar-refractivity contribution in [1.29, 1.82) is 0 Å². The van der Waals surface area contributed by atoms with Crippen LogP contribution in [0.1, 0.15) is 29.3 Å². The molecule has 3 nitrogen and oxygen atoms in total. The van der Waals surface area contributed by atoms with Crippen LogP contribution in [0.15, 0.2) is 65.3 Å². The van der Waals surface area contributed by atoms with Crippen molar-refractivity contribution in [3.05, 3.63) is 72.0 Å². The molecular formula is C20H21NO2. The second kappa shape index (κ2) is 7.14. The van der Waals surface area contributed by atoms with Crippen LogP contribution in [0.2, 0.25) is 0 Å². The van der Waals surface area contributed by atoms with E-state index in [1.165, 1.54) is 5.56 Å². The fourth-order valence-electron chi connectivity index (χ4n) is 2.71. The number of carbonyl (C=O) groups excluding carboxylic acids is 1. The number of fused-ring (bicyclic) bond motifs is 1. The van der Waals surface area contributed by atoms with Crippen molar-refractivity contribution in [3.63, 3.8) is 0 Å². The van der Waals surface area contributed by atoms with Crippen molar-refractivity contribution in [2.45, 2.75) is 19.8 Å². The Kier molecular flexibility index (Phi) is 4.77. The average molecular weight is 307 g/mol. The molecule has 0 radical (unpaired) electrons. The molecule has 0 bridgehead atoms. The van der Waals surface area contributed by atoms with Crippen LogP contribution in [0, 0.1) is 5.92 Å². The summed E-state index contributed by atoms with van der Waals surface area (Å²) in [6, 6.07) is 17.8. The van der Waals surface area contributed by atoms with Crippen molar-refractivity contribution in [2.75, 3.05) is 6.54 Å². The molecule has 3 rings (SSSR count). The van der Waals surface area contributed by atoms with E-state index < -0.39 is 0 Å². The summed E-state index contributed by atoms with van der Waals surface area (Å²) in [6.45, 7) is 2.85. The third kappa shape index (κ3) is 3.81. The van der Waals surface area contributed by atoms with Gasteiger partial charge in [0.05, 0.1) is 11.8 Å². The van der Waals surface area contributed by atoms with Crippen LogP contribution >= 0.6 is 0 Å². The minimum absolute atomic E-state index is 0.0384. The largest absolute Gasteiger partial charge is 0.464 e. The summed E-state index contributed by atoms with van der Waals surface area (Å²) in [4.78, 5) is 12.4. The van der Waals surface area contributed by atoms with Crippen LogP contribution in [-0.4, -0.2) is 12.5 Å². The van der Waals surface area contributed by atoms with Gasteiger partial charge in [-0.1, -0.05) is 43.3 Å². The van der Waals surface area contributed by atoms with E-state index in [4.69, 9.17) is 4.42 Å². The van der Waals surface area contributed by atoms with Crippen LogP contribution in [0.4, 0.5) is 0 Å². The molecule has 3 aromatic rings. The van der Waals surface area contributed by atoms with Crippen LogP contribution in [0.5, 0.6) is 0 Å². The zero-order valence-corrected chi connectivity index (χ0v) is 13.3. The molecule has 0 fully saturated rings. The first-order valence-corrected chi connectivity index (χ1v) is 8.02. The number of hydrogen-bond donors (Lipinski definition) is 1. The molecule has 0 aliphatic carbocycles. The third-order valence-electron chi connectivity index (χ3n) is 4.12. The smallest absolute Gasteiger partial charge is 0.252 e. The van der Waals surface area contributed by atoms with E-state index >= 15 is 0 Å². The molecule has 0 aliphatic heterocycles. The molecular weight excluding hydrogens is 286 g/mol. The summed E-state index contributed by atoms with van der Waals surface area (Å²) in [5.41, 5.74) is 2.76. The highest BCUT2D eigenvalue weighted by Gasteiger charge is 2.12. The first-order chi connectivity index (χ1) is 11.2. The number of rotatable bonds is 6. The van der Waals surface area contributed by atoms with Gasteiger partial charge in [-0.05, 0) is 42.5 Å². The second-order valence-electron chi connectivity index (χ2n) is 5.98. The standard InChI is InChI=1S/C20H21NO2/c1-15(10-11-16-6-3-2-4-7-16)14-21-20(22)18-8-5-9-19-17(18)12-13-23-19/h2-9,12-13,15H,10-11,14H2,1H3,(H,21,22). The van der Waals surface area contributed by atoms with Crippen molar-refractivity contribution < 1.29 is 9.21 Å². The molecule has 0 saturated carbocycles. The maximum absolute atomic E-state index is 12.4. The van der Waals surface area contributed by atoms with Gasteiger partial charge in [-0.2, -0.15) is 0 Å². The first-order valence-electron chi connectivity index (χ1n) is 8.02. The molecule has 2 aromatic carbocycles. The highest BCUT2D eigenvalue weighted by Crippen LogP contribution is 2.19. The van der Waals surface area contributed by atoms with Crippen LogP contribution < -0.4 is 5.32 Å². The Morgan fingerprint density at radius 3 is 2.74 bits per heavy atom. The minimum Gasteiger partial charge on any atom is -0.464 e. The zero-order valence-electron chi connectivity index (χ0n) is 13.3. The number of furan rings is 1. The van der Waals surface area contributed by atoms with Crippen molar-refractivity contribution in [2.24, 2.45) is 5.92 Å². The van der Waals surface area contributed by atoms with Gasteiger partial charge < -0.3 is 9.73 Å². The molecule has 1 aromatic heterocycles. The Morgan fingerprint density at radius 1 is 1.09 bits per heavy atom. The van der Waals surface area contributed by atoms with Gasteiger partial charge >= 0.3 is 0 Å². The van der Waals surface area contributed by atoms with E-state index in [0.717, 1.165) is 23.8 Å². The van der Waals surface area contributed by atoms with Gasteiger partial charge in [0.2, 0.25) is 0 Å². The predicted molar refractivity (Wildman–Crippen MR) is 92.5 cm³/mol. The molecule has 1 amide bonds. The summed E-state index contributed by atoms with van der Waals surface area (Å²) in [5, 5.41) is 3.90. The summed E-state index contributed by atoms with van der Waals surface area (Å²) in [6.07, 6.45) is 3.71. The lowest BCUT2D eigenvalue weighted by atomic mass is 10.0. The maximum Gasteiger partial charge on any atom is 0.252 e. The summed E-state index contributed by atoms with van der Waals surface area (Å²) in [5.74, 6) is 0.395. The van der Waals surface area contributed by atoms with Crippen molar-refractivity contribution in [3.8, 4) is 0 Å². The van der Waals surface area contributed by atoms with Crippen LogP contribution in [-0.2, 0) is 6.42 Å². The van der Waals surface area contributed by atoms with E-state index in [1.807, 2.05) is 30.3 Å². The van der Waals surface area contributed by atoms with E-state index in [1.54, 1.807) is 6.26 Å². The first kappa shape index (κ1) is 15.3. The number of aryl methyl sites for hydroxylation is 1. The topological polar surface area (TPSA) is 42.2 Å². The normalized spacial score (nSPS) is 12.2. The van der Waals surface area contributed by atoms with Gasteiger partial charge in [-0.3, -0.25) is 4.79 Å². The molecule has 1 unspecified atom stereocenters. The zero-order chi connectivity index (χ0) is 16.1. The fraction of sp³-hybridized carbons (Fsp3) is 0.250. The molecule has 1 atom stereocenters. The van der Waals surface area contributed by atoms with E-state index in [0.29, 0.717) is 18.0 Å². The Hall–Kier alpha value is -2.55. The lowest BCUT2D eigenvalue weighted by Crippen LogP contribution is -2.28. The minimum atomic E-state index is -0.0384. The third-order valence-corrected chi connectivity index (χ3v) is 4.12. The van der Waals surface area contributed by atoms with Crippen LogP contribution in [0.25, 0.3) is 11.0 Å². The number of hydrogen-bond acceptors (Lipinski definition) is 2. The van der Waals surface area contributed by atoms with Crippen molar-refractivity contribution in [1.82, 2.24) is 5.32 Å². The fourth-order valence-corrected chi connectivity index (χ4v) is 2.71. The predicted octanol–water partition coefficient (Wildman–Crippen LogP) is 4.43. The number of nitrogens with one attached hydrogen (secondary N) is 1. The molecule has 0 spiro atoms. The molecule has 1 N–H and O–H groups in total. The van der Waals surface area contributed by atoms with Crippen LogP contribution in [0.3, 0.4) is 0 Å². The Balaban J connectivity index is 1.53. The summed E-state index contributed by atoms with van der Waals surface area (Å²) < 4.78 is 5.34. The molecule has 118 valence electrons. The molecule has 3 heteroatoms. The summed E-state index contributed by atoms with van der Waals surface area (Å²) in [7, 11) is 0. The highest BCUT2D eigenvalue weighted by atomic mass is 16.3. The summed E-state index contributed by atoms with van der Waals surface area (Å²) >= 11 is 0. The van der Waals surface area contributed by atoms with Gasteiger partial charge in [0.25, 0.3) is 5.91 Å². The van der Waals surface area contributed by atoms with Gasteiger partial charge in [0, 0.05) is 11.9 Å². The van der Waals surface area contributed by atoms with E-state index in [-0.39, 0.29) is 5.91 Å². The SMILES string of the molecule is CC(CCc1ccccc1)CNC(=O)c1cccc2occc12. The molecule has 0 saturated heterocycles. The lowest BCUT2D eigenvalue weighted by Gasteiger charge is -2.13. The maximum atomic E-state index is 12.4. The molecule has 1 heterocycles. The Bertz CT molecular complexity index is 776. The van der Waals surface area contributed by atoms with E-state index in [2.05, 4.69) is 36.5 Å². The Labute approximate surface area is 136 Å². The van der Waals surface area contributed by atoms with Gasteiger partial charge in [0.15, 0.2) is 0 Å². The second-order valence-corrected chi connectivity index (χ2v) is 5.98. The quantitative estimate of drug-likeness (QED) is 0.732.